The first-order chi connectivity index (χ1) is 21.7. The largest absolute Gasteiger partial charge is 0.465 e. The van der Waals surface area contributed by atoms with E-state index in [-0.39, 0.29) is 34.3 Å². The second kappa shape index (κ2) is 14.8. The standard InChI is InChI=1S/C33H49ClN4O8/c1-22(2)38(23-11-10-12-36(21-23)31(42)46-32(3,4)5)28(39)24-19-26-27(20-25(24)34)45-33(6,29(40)35-14-17-44-18-15-35)30(41)37(26)13-8-9-16-43-7/h19-20,22-23H,8-18,21H2,1-7H3/t23-,33?/m1/s1. The number of unbranched alkanes of at least 4 members (excludes halogenated alkanes) is 1. The van der Waals surface area contributed by atoms with Crippen molar-refractivity contribution in [2.45, 2.75) is 90.5 Å². The minimum atomic E-state index is -1.81. The molecule has 4 rings (SSSR count). The van der Waals surface area contributed by atoms with Crippen LogP contribution in [0.4, 0.5) is 10.5 Å². The van der Waals surface area contributed by atoms with E-state index < -0.39 is 29.1 Å². The van der Waals surface area contributed by atoms with E-state index in [2.05, 4.69) is 0 Å². The second-order valence-corrected chi connectivity index (χ2v) is 13.9. The number of hydrogen-bond acceptors (Lipinski definition) is 8. The van der Waals surface area contributed by atoms with Gasteiger partial charge in [0.15, 0.2) is 0 Å². The molecule has 0 radical (unpaired) electrons. The molecule has 0 N–H and O–H groups in total. The minimum absolute atomic E-state index is 0.143. The highest BCUT2D eigenvalue weighted by molar-refractivity contribution is 6.34. The lowest BCUT2D eigenvalue weighted by Gasteiger charge is -2.43. The van der Waals surface area contributed by atoms with Crippen molar-refractivity contribution in [1.82, 2.24) is 14.7 Å². The van der Waals surface area contributed by atoms with Gasteiger partial charge in [0.25, 0.3) is 23.3 Å². The van der Waals surface area contributed by atoms with Gasteiger partial charge >= 0.3 is 6.09 Å². The average molecular weight is 665 g/mol. The molecule has 0 bridgehead atoms. The van der Waals surface area contributed by atoms with Gasteiger partial charge in [0.05, 0.1) is 35.5 Å². The Kier molecular flexibility index (Phi) is 11.5. The third kappa shape index (κ3) is 7.88. The lowest BCUT2D eigenvalue weighted by Crippen LogP contribution is -2.64. The highest BCUT2D eigenvalue weighted by atomic mass is 35.5. The first-order valence-corrected chi connectivity index (χ1v) is 16.6. The number of piperidine rings is 1. The lowest BCUT2D eigenvalue weighted by molar-refractivity contribution is -0.158. The number of morpholine rings is 1. The molecule has 1 aromatic carbocycles. The van der Waals surface area contributed by atoms with Crippen molar-refractivity contribution in [3.05, 3.63) is 22.7 Å². The van der Waals surface area contributed by atoms with Crippen molar-refractivity contribution >= 4 is 41.1 Å². The average Bonchev–Trinajstić information content (AvgIpc) is 3.00. The maximum absolute atomic E-state index is 14.3. The predicted octanol–water partition coefficient (Wildman–Crippen LogP) is 4.36. The highest BCUT2D eigenvalue weighted by Gasteiger charge is 2.53. The molecule has 12 nitrogen and oxygen atoms in total. The highest BCUT2D eigenvalue weighted by Crippen LogP contribution is 2.42. The summed E-state index contributed by atoms with van der Waals surface area (Å²) in [6, 6.07) is 2.64. The van der Waals surface area contributed by atoms with E-state index in [9.17, 15) is 19.2 Å². The second-order valence-electron chi connectivity index (χ2n) is 13.5. The first-order valence-electron chi connectivity index (χ1n) is 16.2. The fourth-order valence-electron chi connectivity index (χ4n) is 6.21. The lowest BCUT2D eigenvalue weighted by atomic mass is 9.97. The zero-order valence-electron chi connectivity index (χ0n) is 28.2. The molecule has 2 saturated heterocycles. The van der Waals surface area contributed by atoms with Crippen LogP contribution in [-0.4, -0.2) is 121 Å². The number of anilines is 1. The molecular weight excluding hydrogens is 616 g/mol. The molecule has 0 aliphatic carbocycles. The number of likely N-dealkylation sites (tertiary alicyclic amines) is 1. The topological polar surface area (TPSA) is 118 Å². The Morgan fingerprint density at radius 3 is 2.43 bits per heavy atom. The number of nitrogens with zero attached hydrogens (tertiary/aromatic N) is 4. The zero-order valence-corrected chi connectivity index (χ0v) is 29.0. The molecule has 1 aromatic rings. The number of carbonyl (C=O) groups excluding carboxylic acids is 4. The third-order valence-corrected chi connectivity index (χ3v) is 8.77. The van der Waals surface area contributed by atoms with E-state index in [1.165, 1.54) is 17.9 Å². The fourth-order valence-corrected chi connectivity index (χ4v) is 6.44. The quantitative estimate of drug-likeness (QED) is 0.282. The summed E-state index contributed by atoms with van der Waals surface area (Å²) < 4.78 is 22.4. The van der Waals surface area contributed by atoms with E-state index in [4.69, 9.17) is 30.5 Å². The van der Waals surface area contributed by atoms with Crippen LogP contribution in [0.3, 0.4) is 0 Å². The monoisotopic (exact) mass is 664 g/mol. The number of rotatable bonds is 9. The van der Waals surface area contributed by atoms with Gasteiger partial charge in [-0.2, -0.15) is 0 Å². The summed E-state index contributed by atoms with van der Waals surface area (Å²) in [6.45, 7) is 14.0. The zero-order chi connectivity index (χ0) is 33.8. The van der Waals surface area contributed by atoms with Gasteiger partial charge in [-0.25, -0.2) is 4.79 Å². The summed E-state index contributed by atoms with van der Waals surface area (Å²) in [5.41, 5.74) is -1.85. The summed E-state index contributed by atoms with van der Waals surface area (Å²) in [7, 11) is 1.62. The van der Waals surface area contributed by atoms with E-state index in [1.54, 1.807) is 27.9 Å². The molecule has 2 fully saturated rings. The van der Waals surface area contributed by atoms with Gasteiger partial charge in [-0.3, -0.25) is 14.4 Å². The molecule has 46 heavy (non-hydrogen) atoms. The molecule has 256 valence electrons. The molecule has 3 aliphatic rings. The number of fused-ring (bicyclic) bond motifs is 1. The summed E-state index contributed by atoms with van der Waals surface area (Å²) in [6.07, 6.45) is 2.32. The SMILES string of the molecule is COCCCCN1C(=O)C(C)(C(=O)N2CCOCC2)Oc2cc(Cl)c(C(=O)N(C(C)C)[C@@H]3CCCN(C(=O)OC(C)(C)C)C3)cc21. The fraction of sp³-hybridized carbons (Fsp3) is 0.697. The van der Waals surface area contributed by atoms with E-state index >= 15 is 0 Å². The molecule has 13 heteroatoms. The van der Waals surface area contributed by atoms with Gasteiger partial charge in [-0.05, 0) is 73.3 Å². The maximum atomic E-state index is 14.3. The van der Waals surface area contributed by atoms with Crippen LogP contribution in [0.15, 0.2) is 12.1 Å². The van der Waals surface area contributed by atoms with Gasteiger partial charge < -0.3 is 38.5 Å². The summed E-state index contributed by atoms with van der Waals surface area (Å²) >= 11 is 6.80. The molecule has 1 unspecified atom stereocenters. The smallest absolute Gasteiger partial charge is 0.410 e. The molecular formula is C33H49ClN4O8. The molecule has 3 aliphatic heterocycles. The number of methoxy groups -OCH3 is 1. The van der Waals surface area contributed by atoms with E-state index in [0.29, 0.717) is 83.9 Å². The van der Waals surface area contributed by atoms with Crippen LogP contribution in [0.2, 0.25) is 5.02 Å². The van der Waals surface area contributed by atoms with Crippen molar-refractivity contribution in [2.75, 3.05) is 64.6 Å². The Morgan fingerprint density at radius 2 is 1.80 bits per heavy atom. The van der Waals surface area contributed by atoms with Crippen LogP contribution in [0.1, 0.15) is 77.6 Å². The number of ether oxygens (including phenoxy) is 4. The normalized spacial score (nSPS) is 22.0. The Labute approximate surface area is 277 Å². The van der Waals surface area contributed by atoms with Crippen LogP contribution in [-0.2, 0) is 23.8 Å². The number of carbonyl (C=O) groups is 4. The number of halogens is 1. The Morgan fingerprint density at radius 1 is 1.11 bits per heavy atom. The van der Waals surface area contributed by atoms with Crippen molar-refractivity contribution < 1.29 is 38.1 Å². The Bertz CT molecular complexity index is 1290. The Balaban J connectivity index is 1.66. The van der Waals surface area contributed by atoms with Crippen LogP contribution in [0.5, 0.6) is 5.75 Å². The molecule has 0 spiro atoms. The molecule has 0 saturated carbocycles. The predicted molar refractivity (Wildman–Crippen MR) is 173 cm³/mol. The molecule has 2 atom stereocenters. The van der Waals surface area contributed by atoms with Gasteiger partial charge in [-0.15, -0.1) is 0 Å². The van der Waals surface area contributed by atoms with Gasteiger partial charge in [0.2, 0.25) is 0 Å². The third-order valence-electron chi connectivity index (χ3n) is 8.46. The van der Waals surface area contributed by atoms with E-state index in [1.807, 2.05) is 34.6 Å². The van der Waals surface area contributed by atoms with Gasteiger partial charge in [0.1, 0.15) is 11.4 Å². The van der Waals surface area contributed by atoms with Crippen molar-refractivity contribution in [3.8, 4) is 5.75 Å². The Hall–Kier alpha value is -3.09. The van der Waals surface area contributed by atoms with Crippen LogP contribution >= 0.6 is 11.6 Å². The van der Waals surface area contributed by atoms with Crippen molar-refractivity contribution in [2.24, 2.45) is 0 Å². The summed E-state index contributed by atoms with van der Waals surface area (Å²) in [5, 5.41) is 0.143. The van der Waals surface area contributed by atoms with Crippen LogP contribution in [0, 0.1) is 0 Å². The number of hydrogen-bond donors (Lipinski definition) is 0. The van der Waals surface area contributed by atoms with E-state index in [0.717, 1.165) is 0 Å². The maximum Gasteiger partial charge on any atom is 0.410 e. The molecule has 0 aromatic heterocycles. The molecule has 4 amide bonds. The van der Waals surface area contributed by atoms with Crippen molar-refractivity contribution in [1.29, 1.82) is 0 Å². The van der Waals surface area contributed by atoms with Crippen LogP contribution < -0.4 is 9.64 Å². The van der Waals surface area contributed by atoms with Crippen molar-refractivity contribution in [3.63, 3.8) is 0 Å². The minimum Gasteiger partial charge on any atom is -0.465 e. The number of benzene rings is 1. The number of amides is 4. The van der Waals surface area contributed by atoms with Crippen LogP contribution in [0.25, 0.3) is 0 Å². The first kappa shape index (κ1) is 35.8. The summed E-state index contributed by atoms with van der Waals surface area (Å²) in [4.78, 5) is 61.5. The molecule has 3 heterocycles. The van der Waals surface area contributed by atoms with Gasteiger partial charge in [0, 0.05) is 58.5 Å². The summed E-state index contributed by atoms with van der Waals surface area (Å²) in [5.74, 6) is -1.01. The van der Waals surface area contributed by atoms with Gasteiger partial charge in [-0.1, -0.05) is 11.6 Å².